The molecule has 1 saturated heterocycles. The molecule has 1 N–H and O–H groups in total. The fourth-order valence-corrected chi connectivity index (χ4v) is 3.84. The Kier molecular flexibility index (Phi) is 5.19. The molecule has 3 rings (SSSR count). The second kappa shape index (κ2) is 6.93. The van der Waals surface area contributed by atoms with Crippen LogP contribution in [0.3, 0.4) is 0 Å². The fraction of sp³-hybridized carbons (Fsp3) is 0.556. The lowest BCUT2D eigenvalue weighted by molar-refractivity contribution is 0.0159. The van der Waals surface area contributed by atoms with E-state index in [1.54, 1.807) is 4.90 Å². The maximum atomic E-state index is 12.2. The summed E-state index contributed by atoms with van der Waals surface area (Å²) < 4.78 is 6.50. The van der Waals surface area contributed by atoms with Crippen molar-refractivity contribution in [2.75, 3.05) is 13.1 Å². The average molecular weight is 426 g/mol. The number of benzene rings is 1. The highest BCUT2D eigenvalue weighted by Crippen LogP contribution is 2.32. The molecule has 1 fully saturated rings. The van der Waals surface area contributed by atoms with Crippen molar-refractivity contribution >= 4 is 40.4 Å². The minimum Gasteiger partial charge on any atom is -0.444 e. The molecule has 0 saturated carbocycles. The number of likely N-dealkylation sites (tertiary alicyclic amines) is 1. The van der Waals surface area contributed by atoms with E-state index in [0.29, 0.717) is 13.1 Å². The number of piperidine rings is 1. The van der Waals surface area contributed by atoms with Gasteiger partial charge in [-0.15, -0.1) is 0 Å². The van der Waals surface area contributed by atoms with Gasteiger partial charge in [-0.1, -0.05) is 28.1 Å². The minimum absolute atomic E-state index is 0.103. The van der Waals surface area contributed by atoms with Crippen molar-refractivity contribution in [1.82, 2.24) is 10.2 Å². The van der Waals surface area contributed by atoms with Gasteiger partial charge in [0.2, 0.25) is 0 Å². The largest absolute Gasteiger partial charge is 0.444 e. The fourth-order valence-electron chi connectivity index (χ4n) is 3.13. The molecule has 5 nitrogen and oxygen atoms in total. The number of hydrogen-bond acceptors (Lipinski definition) is 5. The first-order valence-electron chi connectivity index (χ1n) is 8.47. The summed E-state index contributed by atoms with van der Waals surface area (Å²) in [5.74, 6) is 0. The third-order valence-electron chi connectivity index (χ3n) is 4.38. The molecule has 2 aliphatic rings. The van der Waals surface area contributed by atoms with Gasteiger partial charge in [-0.2, -0.15) is 12.6 Å². The number of nitrogens with one attached hydrogen (secondary N) is 1. The molecule has 1 aromatic rings. The Morgan fingerprint density at radius 2 is 1.92 bits per heavy atom. The van der Waals surface area contributed by atoms with Crippen LogP contribution in [0.5, 0.6) is 0 Å². The predicted molar refractivity (Wildman–Crippen MR) is 106 cm³/mol. The Morgan fingerprint density at radius 1 is 1.32 bits per heavy atom. The molecule has 1 unspecified atom stereocenters. The number of aliphatic imine (C=N–C) groups is 1. The number of carbonyl (C=O) groups excluding carboxylic acids is 1. The Hall–Kier alpha value is -1.05. The summed E-state index contributed by atoms with van der Waals surface area (Å²) in [6.45, 7) is 6.90. The molecule has 136 valence electrons. The maximum absolute atomic E-state index is 12.2. The molecule has 0 radical (unpaired) electrons. The molecular formula is C18H24BrN3O2S. The maximum Gasteiger partial charge on any atom is 0.410 e. The number of halogens is 1. The van der Waals surface area contributed by atoms with Crippen LogP contribution in [-0.2, 0) is 4.74 Å². The lowest BCUT2D eigenvalue weighted by Gasteiger charge is -2.38. The lowest BCUT2D eigenvalue weighted by atomic mass is 9.98. The highest BCUT2D eigenvalue weighted by atomic mass is 79.9. The molecule has 2 aliphatic heterocycles. The Bertz CT molecular complexity index is 677. The van der Waals surface area contributed by atoms with Gasteiger partial charge in [0.1, 0.15) is 11.3 Å². The van der Waals surface area contributed by atoms with Gasteiger partial charge in [0.05, 0.1) is 11.1 Å². The number of thiol groups is 1. The molecule has 7 heteroatoms. The summed E-state index contributed by atoms with van der Waals surface area (Å²) in [5, 5.41) is 3.41. The third-order valence-corrected chi connectivity index (χ3v) is 5.28. The molecule has 1 atom stereocenters. The molecule has 0 bridgehead atoms. The van der Waals surface area contributed by atoms with Crippen molar-refractivity contribution in [1.29, 1.82) is 0 Å². The van der Waals surface area contributed by atoms with Crippen molar-refractivity contribution in [2.45, 2.75) is 50.3 Å². The van der Waals surface area contributed by atoms with E-state index in [4.69, 9.17) is 9.73 Å². The first kappa shape index (κ1) is 18.7. The summed E-state index contributed by atoms with van der Waals surface area (Å²) >= 11 is 8.13. The SMILES string of the molecule is CC(C)(C)OC(=O)N1CCC2(CC1)N=C(c1ccc(Br)cc1)C(S)N2. The van der Waals surface area contributed by atoms with E-state index in [0.717, 1.165) is 28.6 Å². The summed E-state index contributed by atoms with van der Waals surface area (Å²) in [6, 6.07) is 8.11. The first-order valence-corrected chi connectivity index (χ1v) is 9.78. The topological polar surface area (TPSA) is 53.9 Å². The highest BCUT2D eigenvalue weighted by molar-refractivity contribution is 9.10. The smallest absolute Gasteiger partial charge is 0.410 e. The molecule has 1 spiro atoms. The number of rotatable bonds is 1. The number of carbonyl (C=O) groups is 1. The van der Waals surface area contributed by atoms with Gasteiger partial charge in [-0.25, -0.2) is 4.79 Å². The van der Waals surface area contributed by atoms with E-state index < -0.39 is 5.60 Å². The van der Waals surface area contributed by atoms with Crippen LogP contribution in [0.15, 0.2) is 33.7 Å². The van der Waals surface area contributed by atoms with Gasteiger partial charge in [0.15, 0.2) is 0 Å². The summed E-state index contributed by atoms with van der Waals surface area (Å²) in [5.41, 5.74) is 1.22. The second-order valence-corrected chi connectivity index (χ2v) is 8.98. The van der Waals surface area contributed by atoms with E-state index >= 15 is 0 Å². The van der Waals surface area contributed by atoms with Crippen LogP contribution in [0.4, 0.5) is 4.79 Å². The predicted octanol–water partition coefficient (Wildman–Crippen LogP) is 3.82. The van der Waals surface area contributed by atoms with Crippen LogP contribution < -0.4 is 5.32 Å². The van der Waals surface area contributed by atoms with Crippen molar-refractivity contribution in [3.05, 3.63) is 34.3 Å². The van der Waals surface area contributed by atoms with E-state index in [-0.39, 0.29) is 17.1 Å². The van der Waals surface area contributed by atoms with E-state index in [2.05, 4.69) is 33.9 Å². The van der Waals surface area contributed by atoms with Gasteiger partial charge in [0, 0.05) is 30.4 Å². The van der Waals surface area contributed by atoms with E-state index in [1.807, 2.05) is 45.0 Å². The zero-order chi connectivity index (χ0) is 18.2. The minimum atomic E-state index is -0.471. The number of nitrogens with zero attached hydrogens (tertiary/aromatic N) is 2. The quantitative estimate of drug-likeness (QED) is 0.672. The second-order valence-electron chi connectivity index (χ2n) is 7.55. The summed E-state index contributed by atoms with van der Waals surface area (Å²) in [4.78, 5) is 19.0. The van der Waals surface area contributed by atoms with Crippen LogP contribution in [0.2, 0.25) is 0 Å². The normalized spacial score (nSPS) is 22.8. The standard InChI is InChI=1S/C18H24BrN3O2S/c1-17(2,3)24-16(23)22-10-8-18(9-11-22)20-14(15(25)21-18)12-4-6-13(19)7-5-12/h4-7,15,21,25H,8-11H2,1-3H3. The first-order chi connectivity index (χ1) is 11.7. The number of hydrogen-bond donors (Lipinski definition) is 2. The average Bonchev–Trinajstić information content (AvgIpc) is 2.83. The zero-order valence-corrected chi connectivity index (χ0v) is 17.2. The van der Waals surface area contributed by atoms with Gasteiger partial charge in [0.25, 0.3) is 0 Å². The Morgan fingerprint density at radius 3 is 2.48 bits per heavy atom. The monoisotopic (exact) mass is 425 g/mol. The summed E-state index contributed by atoms with van der Waals surface area (Å²) in [6.07, 6.45) is 1.26. The molecule has 0 aliphatic carbocycles. The Labute approximate surface area is 162 Å². The van der Waals surface area contributed by atoms with Gasteiger partial charge >= 0.3 is 6.09 Å². The van der Waals surface area contributed by atoms with Crippen molar-refractivity contribution < 1.29 is 9.53 Å². The third kappa shape index (κ3) is 4.38. The van der Waals surface area contributed by atoms with Crippen LogP contribution in [0.1, 0.15) is 39.2 Å². The van der Waals surface area contributed by atoms with Crippen molar-refractivity contribution in [3.63, 3.8) is 0 Å². The van der Waals surface area contributed by atoms with Crippen LogP contribution in [0, 0.1) is 0 Å². The van der Waals surface area contributed by atoms with Gasteiger partial charge < -0.3 is 9.64 Å². The Balaban J connectivity index is 1.69. The molecule has 2 heterocycles. The number of amides is 1. The molecule has 0 aromatic heterocycles. The summed E-state index contributed by atoms with van der Waals surface area (Å²) in [7, 11) is 0. The van der Waals surface area contributed by atoms with Crippen LogP contribution >= 0.6 is 28.6 Å². The lowest BCUT2D eigenvalue weighted by Crippen LogP contribution is -2.53. The van der Waals surface area contributed by atoms with Gasteiger partial charge in [-0.3, -0.25) is 10.3 Å². The highest BCUT2D eigenvalue weighted by Gasteiger charge is 2.42. The van der Waals surface area contributed by atoms with E-state index in [9.17, 15) is 4.79 Å². The zero-order valence-electron chi connectivity index (χ0n) is 14.8. The van der Waals surface area contributed by atoms with Crippen molar-refractivity contribution in [2.24, 2.45) is 4.99 Å². The molecule has 25 heavy (non-hydrogen) atoms. The van der Waals surface area contributed by atoms with E-state index in [1.165, 1.54) is 0 Å². The molecular weight excluding hydrogens is 402 g/mol. The number of ether oxygens (including phenoxy) is 1. The van der Waals surface area contributed by atoms with Gasteiger partial charge in [-0.05, 0) is 38.5 Å². The molecule has 1 amide bonds. The van der Waals surface area contributed by atoms with Crippen molar-refractivity contribution in [3.8, 4) is 0 Å². The molecule has 1 aromatic carbocycles. The van der Waals surface area contributed by atoms with Crippen LogP contribution in [-0.4, -0.2) is 46.4 Å². The van der Waals surface area contributed by atoms with Crippen LogP contribution in [0.25, 0.3) is 0 Å².